The van der Waals surface area contributed by atoms with Crippen LogP contribution in [0.3, 0.4) is 0 Å². The molecule has 0 unspecified atom stereocenters. The zero-order valence-corrected chi connectivity index (χ0v) is 10.3. The third-order valence-electron chi connectivity index (χ3n) is 2.30. The molecule has 0 saturated carbocycles. The van der Waals surface area contributed by atoms with Gasteiger partial charge in [-0.25, -0.2) is 9.37 Å². The van der Waals surface area contributed by atoms with Crippen molar-refractivity contribution in [2.75, 3.05) is 11.1 Å². The molecule has 6 heteroatoms. The molecule has 0 bridgehead atoms. The first-order chi connectivity index (χ1) is 8.63. The number of nitrogens with one attached hydrogen (secondary N) is 1. The summed E-state index contributed by atoms with van der Waals surface area (Å²) in [5.74, 6) is -0.443. The van der Waals surface area contributed by atoms with Crippen LogP contribution in [0.1, 0.15) is 11.3 Å². The summed E-state index contributed by atoms with van der Waals surface area (Å²) < 4.78 is 12.7. The van der Waals surface area contributed by atoms with Crippen molar-refractivity contribution in [3.63, 3.8) is 0 Å². The van der Waals surface area contributed by atoms with E-state index < -0.39 is 0 Å². The number of carbonyl (C=O) groups is 1. The van der Waals surface area contributed by atoms with E-state index in [4.69, 9.17) is 5.73 Å². The number of amides is 1. The fraction of sp³-hybridized carbons (Fsp3) is 0.167. The maximum atomic E-state index is 12.7. The van der Waals surface area contributed by atoms with Gasteiger partial charge in [0.05, 0.1) is 0 Å². The van der Waals surface area contributed by atoms with E-state index in [0.29, 0.717) is 23.7 Å². The highest BCUT2D eigenvalue weighted by atomic mass is 32.1. The van der Waals surface area contributed by atoms with Crippen molar-refractivity contribution in [1.82, 2.24) is 4.98 Å². The van der Waals surface area contributed by atoms with Crippen LogP contribution in [0.2, 0.25) is 0 Å². The lowest BCUT2D eigenvalue weighted by Crippen LogP contribution is -2.11. The predicted octanol–water partition coefficient (Wildman–Crippen LogP) is 2.44. The molecule has 0 aliphatic carbocycles. The third-order valence-corrected chi connectivity index (χ3v) is 3.18. The molecule has 0 spiro atoms. The number of anilines is 2. The van der Waals surface area contributed by atoms with Crippen molar-refractivity contribution in [1.29, 1.82) is 0 Å². The summed E-state index contributed by atoms with van der Waals surface area (Å²) in [5.41, 5.74) is 6.08. The van der Waals surface area contributed by atoms with Gasteiger partial charge in [0.1, 0.15) is 5.82 Å². The van der Waals surface area contributed by atoms with Crippen LogP contribution in [0.25, 0.3) is 0 Å². The van der Waals surface area contributed by atoms with Crippen LogP contribution >= 0.6 is 11.3 Å². The standard InChI is InChI=1S/C12H12FN3OS/c13-8-1-3-9(4-2-8)16-11(17)6-5-10-7-15-12(14)18-10/h1-4,7H,5-6H2,(H2,14,15)(H,16,17). The molecule has 0 atom stereocenters. The molecule has 4 nitrogen and oxygen atoms in total. The number of nitrogens with zero attached hydrogens (tertiary/aromatic N) is 1. The second kappa shape index (κ2) is 5.59. The number of hydrogen-bond acceptors (Lipinski definition) is 4. The number of aryl methyl sites for hydroxylation is 1. The van der Waals surface area contributed by atoms with Crippen LogP contribution in [0.4, 0.5) is 15.2 Å². The zero-order valence-electron chi connectivity index (χ0n) is 9.52. The van der Waals surface area contributed by atoms with Gasteiger partial charge in [-0.1, -0.05) is 0 Å². The molecule has 2 rings (SSSR count). The van der Waals surface area contributed by atoms with Gasteiger partial charge in [-0.2, -0.15) is 0 Å². The molecular weight excluding hydrogens is 253 g/mol. The molecule has 3 N–H and O–H groups in total. The van der Waals surface area contributed by atoms with Crippen LogP contribution in [0, 0.1) is 5.82 Å². The number of thiazole rings is 1. The fourth-order valence-corrected chi connectivity index (χ4v) is 2.12. The minimum Gasteiger partial charge on any atom is -0.375 e. The SMILES string of the molecule is Nc1ncc(CCC(=O)Nc2ccc(F)cc2)s1. The summed E-state index contributed by atoms with van der Waals surface area (Å²) in [4.78, 5) is 16.5. The average Bonchev–Trinajstić information content (AvgIpc) is 2.76. The second-order valence-electron chi connectivity index (χ2n) is 3.72. The normalized spacial score (nSPS) is 10.3. The van der Waals surface area contributed by atoms with E-state index in [1.54, 1.807) is 6.20 Å². The number of nitrogens with two attached hydrogens (primary N) is 1. The molecule has 1 amide bonds. The Hall–Kier alpha value is -1.95. The molecule has 1 aromatic heterocycles. The minimum absolute atomic E-state index is 0.117. The highest BCUT2D eigenvalue weighted by Crippen LogP contribution is 2.16. The monoisotopic (exact) mass is 265 g/mol. The number of halogens is 1. The molecule has 94 valence electrons. The van der Waals surface area contributed by atoms with E-state index in [2.05, 4.69) is 10.3 Å². The Bertz CT molecular complexity index is 539. The van der Waals surface area contributed by atoms with Gasteiger partial charge in [-0.05, 0) is 30.7 Å². The number of rotatable bonds is 4. The highest BCUT2D eigenvalue weighted by molar-refractivity contribution is 7.15. The number of hydrogen-bond donors (Lipinski definition) is 2. The summed E-state index contributed by atoms with van der Waals surface area (Å²) in [5, 5.41) is 3.20. The predicted molar refractivity (Wildman–Crippen MR) is 69.9 cm³/mol. The lowest BCUT2D eigenvalue weighted by molar-refractivity contribution is -0.116. The van der Waals surface area contributed by atoms with Gasteiger partial charge in [0.25, 0.3) is 0 Å². The maximum absolute atomic E-state index is 12.7. The first kappa shape index (κ1) is 12.5. The quantitative estimate of drug-likeness (QED) is 0.892. The Kier molecular flexibility index (Phi) is 3.88. The Labute approximate surface area is 108 Å². The first-order valence-corrected chi connectivity index (χ1v) is 6.21. The minimum atomic E-state index is -0.326. The molecule has 0 aliphatic heterocycles. The summed E-state index contributed by atoms with van der Waals surface area (Å²) in [6.07, 6.45) is 2.62. The Morgan fingerprint density at radius 3 is 2.72 bits per heavy atom. The van der Waals surface area contributed by atoms with E-state index in [0.717, 1.165) is 4.88 Å². The van der Waals surface area contributed by atoms with Crippen LogP contribution < -0.4 is 11.1 Å². The summed E-state index contributed by atoms with van der Waals surface area (Å²) in [6.45, 7) is 0. The summed E-state index contributed by atoms with van der Waals surface area (Å²) in [6, 6.07) is 5.66. The van der Waals surface area contributed by atoms with E-state index in [1.165, 1.54) is 35.6 Å². The molecule has 18 heavy (non-hydrogen) atoms. The highest BCUT2D eigenvalue weighted by Gasteiger charge is 2.05. The average molecular weight is 265 g/mol. The molecule has 2 aromatic rings. The number of benzene rings is 1. The Morgan fingerprint density at radius 2 is 2.11 bits per heavy atom. The smallest absolute Gasteiger partial charge is 0.224 e. The Balaban J connectivity index is 1.83. The molecule has 1 aromatic carbocycles. The second-order valence-corrected chi connectivity index (χ2v) is 4.87. The molecule has 0 radical (unpaired) electrons. The van der Waals surface area contributed by atoms with E-state index in [1.807, 2.05) is 0 Å². The first-order valence-electron chi connectivity index (χ1n) is 5.39. The molecule has 0 aliphatic rings. The van der Waals surface area contributed by atoms with Crippen LogP contribution in [-0.4, -0.2) is 10.9 Å². The number of aromatic nitrogens is 1. The maximum Gasteiger partial charge on any atom is 0.224 e. The molecule has 0 fully saturated rings. The van der Waals surface area contributed by atoms with Crippen molar-refractivity contribution in [3.05, 3.63) is 41.2 Å². The van der Waals surface area contributed by atoms with Gasteiger partial charge in [-0.15, -0.1) is 11.3 Å². The Morgan fingerprint density at radius 1 is 1.39 bits per heavy atom. The fourth-order valence-electron chi connectivity index (χ4n) is 1.43. The molecular formula is C12H12FN3OS. The van der Waals surface area contributed by atoms with Gasteiger partial charge in [0, 0.05) is 23.2 Å². The third kappa shape index (κ3) is 3.53. The van der Waals surface area contributed by atoms with Crippen LogP contribution in [0.15, 0.2) is 30.5 Å². The summed E-state index contributed by atoms with van der Waals surface area (Å²) in [7, 11) is 0. The largest absolute Gasteiger partial charge is 0.375 e. The number of nitrogen functional groups attached to an aromatic ring is 1. The van der Waals surface area contributed by atoms with E-state index >= 15 is 0 Å². The van der Waals surface area contributed by atoms with Crippen molar-refractivity contribution >= 4 is 28.1 Å². The summed E-state index contributed by atoms with van der Waals surface area (Å²) >= 11 is 1.38. The lowest BCUT2D eigenvalue weighted by atomic mass is 10.2. The van der Waals surface area contributed by atoms with Gasteiger partial charge < -0.3 is 11.1 Å². The van der Waals surface area contributed by atoms with Crippen molar-refractivity contribution in [2.24, 2.45) is 0 Å². The lowest BCUT2D eigenvalue weighted by Gasteiger charge is -2.03. The van der Waals surface area contributed by atoms with Gasteiger partial charge in [0.15, 0.2) is 5.13 Å². The topological polar surface area (TPSA) is 68.0 Å². The number of carbonyl (C=O) groups excluding carboxylic acids is 1. The van der Waals surface area contributed by atoms with Crippen LogP contribution in [0.5, 0.6) is 0 Å². The zero-order chi connectivity index (χ0) is 13.0. The molecule has 1 heterocycles. The van der Waals surface area contributed by atoms with E-state index in [9.17, 15) is 9.18 Å². The van der Waals surface area contributed by atoms with E-state index in [-0.39, 0.29) is 11.7 Å². The van der Waals surface area contributed by atoms with Crippen molar-refractivity contribution in [3.8, 4) is 0 Å². The van der Waals surface area contributed by atoms with Gasteiger partial charge in [0.2, 0.25) is 5.91 Å². The van der Waals surface area contributed by atoms with Crippen LogP contribution in [-0.2, 0) is 11.2 Å². The molecule has 0 saturated heterocycles. The van der Waals surface area contributed by atoms with Gasteiger partial charge in [-0.3, -0.25) is 4.79 Å². The van der Waals surface area contributed by atoms with Crippen molar-refractivity contribution < 1.29 is 9.18 Å². The van der Waals surface area contributed by atoms with Crippen molar-refractivity contribution in [2.45, 2.75) is 12.8 Å². The van der Waals surface area contributed by atoms with Gasteiger partial charge >= 0.3 is 0 Å².